The highest BCUT2D eigenvalue weighted by molar-refractivity contribution is 7.89. The van der Waals surface area contributed by atoms with E-state index in [2.05, 4.69) is 9.71 Å². The second kappa shape index (κ2) is 7.87. The van der Waals surface area contributed by atoms with Gasteiger partial charge in [0.05, 0.1) is 6.10 Å². The van der Waals surface area contributed by atoms with E-state index in [1.165, 1.54) is 24.5 Å². The summed E-state index contributed by atoms with van der Waals surface area (Å²) < 4.78 is 31.8. The molecule has 0 aliphatic rings. The van der Waals surface area contributed by atoms with Crippen LogP contribution >= 0.6 is 0 Å². The molecule has 0 aliphatic heterocycles. The average molecular weight is 314 g/mol. The zero-order valence-electron chi connectivity index (χ0n) is 11.8. The second-order valence-electron chi connectivity index (χ2n) is 4.24. The molecule has 1 aromatic heterocycles. The van der Waals surface area contributed by atoms with Crippen molar-refractivity contribution in [3.63, 3.8) is 0 Å². The first-order valence-electron chi connectivity index (χ1n) is 6.32. The Bertz CT molecular complexity index is 613. The number of carboxylic acids is 1. The summed E-state index contributed by atoms with van der Waals surface area (Å²) in [6.07, 6.45) is 4.52. The first-order valence-corrected chi connectivity index (χ1v) is 7.80. The molecule has 0 amide bonds. The predicted molar refractivity (Wildman–Crippen MR) is 77.2 cm³/mol. The van der Waals surface area contributed by atoms with E-state index in [1.807, 2.05) is 6.92 Å². The van der Waals surface area contributed by atoms with Crippen LogP contribution < -0.4 is 4.72 Å². The molecule has 0 fully saturated rings. The molecule has 0 aromatic carbocycles. The molecular formula is C13H18N2O5S. The summed E-state index contributed by atoms with van der Waals surface area (Å²) in [7, 11) is -3.71. The highest BCUT2D eigenvalue weighted by Gasteiger charge is 2.16. The van der Waals surface area contributed by atoms with Gasteiger partial charge in [-0.2, -0.15) is 0 Å². The molecule has 0 saturated heterocycles. The number of sulfonamides is 1. The summed E-state index contributed by atoms with van der Waals surface area (Å²) >= 11 is 0. The number of carboxylic acid groups (broad SMARTS) is 1. The third kappa shape index (κ3) is 6.03. The van der Waals surface area contributed by atoms with E-state index in [0.29, 0.717) is 12.2 Å². The number of ether oxygens (including phenoxy) is 1. The maximum atomic E-state index is 12.1. The second-order valence-corrected chi connectivity index (χ2v) is 6.01. The van der Waals surface area contributed by atoms with Crippen molar-refractivity contribution in [3.05, 3.63) is 30.1 Å². The normalized spacial score (nSPS) is 13.4. The summed E-state index contributed by atoms with van der Waals surface area (Å²) in [5, 5.41) is 8.55. The lowest BCUT2D eigenvalue weighted by Crippen LogP contribution is -2.32. The molecule has 0 aliphatic carbocycles. The molecule has 7 nitrogen and oxygen atoms in total. The van der Waals surface area contributed by atoms with Crippen LogP contribution in [0.2, 0.25) is 0 Å². The molecule has 1 heterocycles. The van der Waals surface area contributed by atoms with Crippen LogP contribution in [0, 0.1) is 0 Å². The number of nitrogens with zero attached hydrogens (tertiary/aromatic N) is 1. The van der Waals surface area contributed by atoms with Crippen molar-refractivity contribution in [1.29, 1.82) is 0 Å². The molecule has 0 bridgehead atoms. The summed E-state index contributed by atoms with van der Waals surface area (Å²) in [5.41, 5.74) is 0.387. The minimum absolute atomic E-state index is 0.0289. The van der Waals surface area contributed by atoms with Crippen molar-refractivity contribution < 1.29 is 23.1 Å². The summed E-state index contributed by atoms with van der Waals surface area (Å²) in [6.45, 7) is 4.23. The van der Waals surface area contributed by atoms with Crippen LogP contribution in [0.1, 0.15) is 19.4 Å². The lowest BCUT2D eigenvalue weighted by Gasteiger charge is -2.13. The molecule has 21 heavy (non-hydrogen) atoms. The van der Waals surface area contributed by atoms with Gasteiger partial charge in [-0.05, 0) is 31.6 Å². The van der Waals surface area contributed by atoms with Crippen molar-refractivity contribution in [1.82, 2.24) is 9.71 Å². The molecule has 1 atom stereocenters. The fourth-order valence-electron chi connectivity index (χ4n) is 1.50. The number of hydrogen-bond donors (Lipinski definition) is 2. The third-order valence-electron chi connectivity index (χ3n) is 2.47. The van der Waals surface area contributed by atoms with Crippen LogP contribution in [0.4, 0.5) is 0 Å². The van der Waals surface area contributed by atoms with Gasteiger partial charge < -0.3 is 9.84 Å². The summed E-state index contributed by atoms with van der Waals surface area (Å²) in [4.78, 5) is 14.2. The number of hydrogen-bond acceptors (Lipinski definition) is 5. The van der Waals surface area contributed by atoms with Gasteiger partial charge in [-0.25, -0.2) is 17.9 Å². The van der Waals surface area contributed by atoms with E-state index in [-0.39, 0.29) is 17.5 Å². The Hall–Kier alpha value is -1.77. The van der Waals surface area contributed by atoms with E-state index in [0.717, 1.165) is 6.08 Å². The van der Waals surface area contributed by atoms with E-state index in [1.54, 1.807) is 6.92 Å². The van der Waals surface area contributed by atoms with Gasteiger partial charge in [0.1, 0.15) is 4.90 Å². The topological polar surface area (TPSA) is 106 Å². The highest BCUT2D eigenvalue weighted by Crippen LogP contribution is 2.11. The van der Waals surface area contributed by atoms with Crippen LogP contribution in [0.3, 0.4) is 0 Å². The minimum atomic E-state index is -3.71. The van der Waals surface area contributed by atoms with Gasteiger partial charge in [0.2, 0.25) is 10.0 Å². The van der Waals surface area contributed by atoms with Gasteiger partial charge in [0.15, 0.2) is 0 Å². The van der Waals surface area contributed by atoms with Gasteiger partial charge in [0, 0.05) is 31.6 Å². The number of carbonyl (C=O) groups is 1. The van der Waals surface area contributed by atoms with E-state index >= 15 is 0 Å². The summed E-state index contributed by atoms with van der Waals surface area (Å²) in [5.74, 6) is -1.12. The molecule has 1 rings (SSSR count). The molecule has 0 radical (unpaired) electrons. The van der Waals surface area contributed by atoms with Crippen LogP contribution in [-0.2, 0) is 19.6 Å². The SMILES string of the molecule is CCOC(C)CNS(=O)(=O)c1cncc(/C=C/C(=O)O)c1. The maximum Gasteiger partial charge on any atom is 0.328 e. The van der Waals surface area contributed by atoms with Gasteiger partial charge in [0.25, 0.3) is 0 Å². The number of pyridine rings is 1. The Kier molecular flexibility index (Phi) is 6.47. The smallest absolute Gasteiger partial charge is 0.328 e. The fraction of sp³-hybridized carbons (Fsp3) is 0.385. The Morgan fingerprint density at radius 2 is 2.24 bits per heavy atom. The first-order chi connectivity index (χ1) is 9.85. The van der Waals surface area contributed by atoms with Crippen LogP contribution in [0.5, 0.6) is 0 Å². The van der Waals surface area contributed by atoms with Gasteiger partial charge >= 0.3 is 5.97 Å². The standard InChI is InChI=1S/C13H18N2O5S/c1-3-20-10(2)7-15-21(18,19)12-6-11(8-14-9-12)4-5-13(16)17/h4-6,8-10,15H,3,7H2,1-2H3,(H,16,17)/b5-4+. The lowest BCUT2D eigenvalue weighted by atomic mass is 10.2. The first kappa shape index (κ1) is 17.3. The zero-order chi connectivity index (χ0) is 15.9. The molecule has 0 spiro atoms. The Labute approximate surface area is 123 Å². The number of aliphatic carboxylic acids is 1. The quantitative estimate of drug-likeness (QED) is 0.690. The molecule has 116 valence electrons. The van der Waals surface area contributed by atoms with Crippen molar-refractivity contribution in [2.75, 3.05) is 13.2 Å². The summed E-state index contributed by atoms with van der Waals surface area (Å²) in [6, 6.07) is 1.35. The van der Waals surface area contributed by atoms with E-state index < -0.39 is 16.0 Å². The van der Waals surface area contributed by atoms with Gasteiger partial charge in [-0.15, -0.1) is 0 Å². The van der Waals surface area contributed by atoms with Crippen LogP contribution in [-0.4, -0.2) is 43.7 Å². The van der Waals surface area contributed by atoms with E-state index in [9.17, 15) is 13.2 Å². The number of rotatable bonds is 8. The fourth-order valence-corrected chi connectivity index (χ4v) is 2.61. The van der Waals surface area contributed by atoms with Crippen molar-refractivity contribution in [2.45, 2.75) is 24.8 Å². The zero-order valence-corrected chi connectivity index (χ0v) is 12.6. The number of aromatic nitrogens is 1. The highest BCUT2D eigenvalue weighted by atomic mass is 32.2. The lowest BCUT2D eigenvalue weighted by molar-refractivity contribution is -0.131. The Balaban J connectivity index is 2.83. The number of nitrogens with one attached hydrogen (secondary N) is 1. The Morgan fingerprint density at radius 3 is 2.86 bits per heavy atom. The Morgan fingerprint density at radius 1 is 1.52 bits per heavy atom. The largest absolute Gasteiger partial charge is 0.478 e. The van der Waals surface area contributed by atoms with Crippen LogP contribution in [0.25, 0.3) is 6.08 Å². The molecule has 0 saturated carbocycles. The maximum absolute atomic E-state index is 12.1. The van der Waals surface area contributed by atoms with E-state index in [4.69, 9.17) is 9.84 Å². The van der Waals surface area contributed by atoms with Crippen molar-refractivity contribution in [2.24, 2.45) is 0 Å². The van der Waals surface area contributed by atoms with Crippen LogP contribution in [0.15, 0.2) is 29.4 Å². The molecule has 1 unspecified atom stereocenters. The molecule has 8 heteroatoms. The van der Waals surface area contributed by atoms with Gasteiger partial charge in [-0.1, -0.05) is 0 Å². The van der Waals surface area contributed by atoms with Crippen molar-refractivity contribution in [3.8, 4) is 0 Å². The molecular weight excluding hydrogens is 296 g/mol. The van der Waals surface area contributed by atoms with Gasteiger partial charge in [-0.3, -0.25) is 4.98 Å². The van der Waals surface area contributed by atoms with Crippen molar-refractivity contribution >= 4 is 22.1 Å². The molecule has 1 aromatic rings. The average Bonchev–Trinajstić information content (AvgIpc) is 2.44. The minimum Gasteiger partial charge on any atom is -0.478 e. The third-order valence-corrected chi connectivity index (χ3v) is 3.87. The monoisotopic (exact) mass is 314 g/mol. The predicted octanol–water partition coefficient (Wildman–Crippen LogP) is 0.883. The molecule has 2 N–H and O–H groups in total.